The molecule has 1 fully saturated rings. The number of carbonyl (C=O) groups is 2. The van der Waals surface area contributed by atoms with Crippen molar-refractivity contribution in [1.82, 2.24) is 15.1 Å². The summed E-state index contributed by atoms with van der Waals surface area (Å²) in [6, 6.07) is 2.50. The predicted octanol–water partition coefficient (Wildman–Crippen LogP) is -0.595. The summed E-state index contributed by atoms with van der Waals surface area (Å²) < 4.78 is 5.23. The number of hydrogen-bond donors (Lipinski definition) is 2. The van der Waals surface area contributed by atoms with E-state index in [4.69, 9.17) is 9.84 Å². The Morgan fingerprint density at radius 2 is 2.29 bits per heavy atom. The Labute approximate surface area is 120 Å². The molecule has 8 heteroatoms. The van der Waals surface area contributed by atoms with Crippen molar-refractivity contribution < 1.29 is 19.4 Å². The Morgan fingerprint density at radius 1 is 1.48 bits per heavy atom. The first-order valence-corrected chi connectivity index (χ1v) is 6.70. The van der Waals surface area contributed by atoms with Crippen LogP contribution in [0.1, 0.15) is 18.5 Å². The number of ether oxygens (including phenoxy) is 1. The lowest BCUT2D eigenvalue weighted by Crippen LogP contribution is -2.49. The van der Waals surface area contributed by atoms with E-state index in [0.717, 1.165) is 0 Å². The SMILES string of the molecule is O=C(O)CC1COCCN1C(=O)CCc1ccc(=O)[nH]n1. The molecule has 21 heavy (non-hydrogen) atoms. The Bertz CT molecular complexity index is 551. The average Bonchev–Trinajstić information content (AvgIpc) is 2.46. The van der Waals surface area contributed by atoms with Crippen molar-refractivity contribution in [2.75, 3.05) is 19.8 Å². The first-order valence-electron chi connectivity index (χ1n) is 6.70. The van der Waals surface area contributed by atoms with Crippen LogP contribution >= 0.6 is 0 Å². The number of morpholine rings is 1. The van der Waals surface area contributed by atoms with E-state index in [1.807, 2.05) is 0 Å². The van der Waals surface area contributed by atoms with E-state index >= 15 is 0 Å². The Morgan fingerprint density at radius 3 is 2.95 bits per heavy atom. The lowest BCUT2D eigenvalue weighted by Gasteiger charge is -2.34. The number of rotatable bonds is 5. The molecule has 1 atom stereocenters. The number of aryl methyl sites for hydroxylation is 1. The second kappa shape index (κ2) is 6.98. The molecule has 2 rings (SSSR count). The third-order valence-electron chi connectivity index (χ3n) is 3.29. The molecule has 114 valence electrons. The van der Waals surface area contributed by atoms with Gasteiger partial charge in [0.1, 0.15) is 0 Å². The minimum absolute atomic E-state index is 0.122. The number of nitrogens with zero attached hydrogens (tertiary/aromatic N) is 2. The zero-order valence-electron chi connectivity index (χ0n) is 11.4. The Kier molecular flexibility index (Phi) is 5.04. The van der Waals surface area contributed by atoms with E-state index in [0.29, 0.717) is 25.3 Å². The first-order chi connectivity index (χ1) is 10.1. The summed E-state index contributed by atoms with van der Waals surface area (Å²) in [7, 11) is 0. The average molecular weight is 295 g/mol. The van der Waals surface area contributed by atoms with Crippen molar-refractivity contribution in [3.8, 4) is 0 Å². The minimum Gasteiger partial charge on any atom is -0.481 e. The van der Waals surface area contributed by atoms with E-state index < -0.39 is 12.0 Å². The van der Waals surface area contributed by atoms with E-state index in [-0.39, 0.29) is 30.9 Å². The van der Waals surface area contributed by atoms with Gasteiger partial charge in [0, 0.05) is 25.5 Å². The maximum atomic E-state index is 12.2. The number of amides is 1. The number of carbonyl (C=O) groups excluding carboxylic acids is 1. The van der Waals surface area contributed by atoms with Gasteiger partial charge in [-0.05, 0) is 6.07 Å². The van der Waals surface area contributed by atoms with E-state index in [1.54, 1.807) is 11.0 Å². The molecule has 1 aliphatic heterocycles. The van der Waals surface area contributed by atoms with Gasteiger partial charge in [0.25, 0.3) is 5.56 Å². The van der Waals surface area contributed by atoms with Crippen LogP contribution in [0.15, 0.2) is 16.9 Å². The molecule has 8 nitrogen and oxygen atoms in total. The molecule has 0 aromatic carbocycles. The molecule has 0 spiro atoms. The molecule has 2 heterocycles. The number of carboxylic acid groups (broad SMARTS) is 1. The summed E-state index contributed by atoms with van der Waals surface area (Å²) in [6.07, 6.45) is 0.491. The maximum absolute atomic E-state index is 12.2. The van der Waals surface area contributed by atoms with Crippen LogP contribution in [-0.4, -0.2) is 57.9 Å². The lowest BCUT2D eigenvalue weighted by atomic mass is 10.1. The number of aliphatic carboxylic acids is 1. The zero-order chi connectivity index (χ0) is 15.2. The summed E-state index contributed by atoms with van der Waals surface area (Å²) in [5.74, 6) is -1.08. The van der Waals surface area contributed by atoms with Gasteiger partial charge in [-0.25, -0.2) is 5.10 Å². The fraction of sp³-hybridized carbons (Fsp3) is 0.538. The standard InChI is InChI=1S/C13H17N3O5/c17-11-3-1-9(14-15-11)2-4-12(18)16-5-6-21-8-10(16)7-13(19)20/h1,3,10H,2,4-8H2,(H,15,17)(H,19,20). The maximum Gasteiger partial charge on any atom is 0.305 e. The van der Waals surface area contributed by atoms with Gasteiger partial charge in [0.05, 0.1) is 31.4 Å². The van der Waals surface area contributed by atoms with Gasteiger partial charge in [0.2, 0.25) is 5.91 Å². The number of H-pyrrole nitrogens is 1. The van der Waals surface area contributed by atoms with Crippen LogP contribution in [0, 0.1) is 0 Å². The highest BCUT2D eigenvalue weighted by atomic mass is 16.5. The van der Waals surface area contributed by atoms with Crippen LogP contribution in [0.4, 0.5) is 0 Å². The molecule has 0 radical (unpaired) electrons. The molecule has 1 aliphatic rings. The summed E-state index contributed by atoms with van der Waals surface area (Å²) in [6.45, 7) is 1.06. The van der Waals surface area contributed by atoms with Crippen molar-refractivity contribution in [2.45, 2.75) is 25.3 Å². The van der Waals surface area contributed by atoms with Gasteiger partial charge in [-0.15, -0.1) is 0 Å². The molecule has 0 bridgehead atoms. The van der Waals surface area contributed by atoms with Crippen LogP contribution in [0.3, 0.4) is 0 Å². The van der Waals surface area contributed by atoms with E-state index in [2.05, 4.69) is 10.2 Å². The number of hydrogen-bond acceptors (Lipinski definition) is 5. The molecule has 1 aromatic rings. The van der Waals surface area contributed by atoms with E-state index in [1.165, 1.54) is 6.07 Å². The molecular formula is C13H17N3O5. The quantitative estimate of drug-likeness (QED) is 0.750. The predicted molar refractivity (Wildman–Crippen MR) is 71.8 cm³/mol. The van der Waals surface area contributed by atoms with Gasteiger partial charge >= 0.3 is 5.97 Å². The van der Waals surface area contributed by atoms with E-state index in [9.17, 15) is 14.4 Å². The van der Waals surface area contributed by atoms with Crippen LogP contribution in [0.2, 0.25) is 0 Å². The highest BCUT2D eigenvalue weighted by Gasteiger charge is 2.28. The van der Waals surface area contributed by atoms with Gasteiger partial charge in [-0.2, -0.15) is 5.10 Å². The largest absolute Gasteiger partial charge is 0.481 e. The normalized spacial score (nSPS) is 18.5. The van der Waals surface area contributed by atoms with Gasteiger partial charge in [-0.3, -0.25) is 14.4 Å². The highest BCUT2D eigenvalue weighted by Crippen LogP contribution is 2.13. The third kappa shape index (κ3) is 4.38. The van der Waals surface area contributed by atoms with Gasteiger partial charge in [-0.1, -0.05) is 0 Å². The number of carboxylic acids is 1. The second-order valence-corrected chi connectivity index (χ2v) is 4.83. The van der Waals surface area contributed by atoms with Crippen LogP contribution in [-0.2, 0) is 20.7 Å². The number of nitrogens with one attached hydrogen (secondary N) is 1. The monoisotopic (exact) mass is 295 g/mol. The van der Waals surface area contributed by atoms with Gasteiger partial charge < -0.3 is 14.7 Å². The molecule has 0 saturated carbocycles. The topological polar surface area (TPSA) is 113 Å². The third-order valence-corrected chi connectivity index (χ3v) is 3.29. The van der Waals surface area contributed by atoms with Crippen molar-refractivity contribution in [3.05, 3.63) is 28.2 Å². The van der Waals surface area contributed by atoms with Crippen molar-refractivity contribution in [2.24, 2.45) is 0 Å². The van der Waals surface area contributed by atoms with Crippen LogP contribution in [0.25, 0.3) is 0 Å². The summed E-state index contributed by atoms with van der Waals surface area (Å²) in [4.78, 5) is 35.5. The molecular weight excluding hydrogens is 278 g/mol. The smallest absolute Gasteiger partial charge is 0.305 e. The van der Waals surface area contributed by atoms with Crippen LogP contribution < -0.4 is 5.56 Å². The minimum atomic E-state index is -0.953. The fourth-order valence-electron chi connectivity index (χ4n) is 2.24. The summed E-state index contributed by atoms with van der Waals surface area (Å²) in [5, 5.41) is 15.0. The molecule has 1 aromatic heterocycles. The highest BCUT2D eigenvalue weighted by molar-refractivity contribution is 5.78. The first kappa shape index (κ1) is 15.2. The molecule has 1 unspecified atom stereocenters. The zero-order valence-corrected chi connectivity index (χ0v) is 11.4. The molecule has 0 aliphatic carbocycles. The Balaban J connectivity index is 1.92. The Hall–Kier alpha value is -2.22. The summed E-state index contributed by atoms with van der Waals surface area (Å²) >= 11 is 0. The lowest BCUT2D eigenvalue weighted by molar-refractivity contribution is -0.146. The fourth-order valence-corrected chi connectivity index (χ4v) is 2.24. The van der Waals surface area contributed by atoms with Crippen molar-refractivity contribution in [1.29, 1.82) is 0 Å². The molecule has 2 N–H and O–H groups in total. The van der Waals surface area contributed by atoms with Crippen LogP contribution in [0.5, 0.6) is 0 Å². The number of aromatic amines is 1. The molecule has 1 amide bonds. The van der Waals surface area contributed by atoms with Crippen molar-refractivity contribution in [3.63, 3.8) is 0 Å². The summed E-state index contributed by atoms with van der Waals surface area (Å²) in [5.41, 5.74) is 0.325. The number of aromatic nitrogens is 2. The molecule has 1 saturated heterocycles. The van der Waals surface area contributed by atoms with Gasteiger partial charge in [0.15, 0.2) is 0 Å². The van der Waals surface area contributed by atoms with Crippen molar-refractivity contribution >= 4 is 11.9 Å². The second-order valence-electron chi connectivity index (χ2n) is 4.83.